The number of furan rings is 2. The van der Waals surface area contributed by atoms with Crippen molar-refractivity contribution in [3.05, 3.63) is 349 Å². The van der Waals surface area contributed by atoms with Crippen LogP contribution in [0.25, 0.3) is 103 Å². The molecule has 0 amide bonds. The van der Waals surface area contributed by atoms with Crippen LogP contribution in [0.2, 0.25) is 0 Å². The highest BCUT2D eigenvalue weighted by molar-refractivity contribution is 6.39. The number of benzene rings is 15. The minimum absolute atomic E-state index is 0.377. The molecule has 0 saturated heterocycles. The predicted molar refractivity (Wildman–Crippen MR) is 395 cm³/mol. The Balaban J connectivity index is 0.997. The molecule has 7 nitrogen and oxygen atoms in total. The summed E-state index contributed by atoms with van der Waals surface area (Å²) in [6, 6.07) is 111. The Kier molecular flexibility index (Phi) is 13.1. The number of para-hydroxylation sites is 6. The van der Waals surface area contributed by atoms with Crippen LogP contribution in [0.4, 0.5) is 56.9 Å². The molecule has 1 aliphatic heterocycles. The van der Waals surface area contributed by atoms with Gasteiger partial charge >= 0.3 is 0 Å². The number of aryl methyl sites for hydroxylation is 1. The van der Waals surface area contributed by atoms with Gasteiger partial charge in [-0.3, -0.25) is 0 Å². The van der Waals surface area contributed by atoms with Gasteiger partial charge in [0.05, 0.1) is 35.0 Å². The van der Waals surface area contributed by atoms with Crippen molar-refractivity contribution in [2.75, 3.05) is 14.7 Å². The number of hydrogen-bond donors (Lipinski definition) is 0. The molecule has 17 aromatic rings. The van der Waals surface area contributed by atoms with Gasteiger partial charge in [0.15, 0.2) is 5.58 Å². The molecule has 0 aliphatic carbocycles. The summed E-state index contributed by atoms with van der Waals surface area (Å²) >= 11 is 0. The van der Waals surface area contributed by atoms with Gasteiger partial charge in [0, 0.05) is 101 Å². The standard InChI is InChI=1S/C88H57N5O2/c1-56-46-48-66-59(50-56)55-91(77-43-22-21-38-68(66)77)64-47-49-70-74-54-80(92(61-32-15-6-16-33-61)62-34-17-7-18-35-62)75-52-73(85(58-28-11-4-12-29-58)90-60-30-13-5-14-31-60)72-53-76(89-2)88-83(82(72)84(75)87(74)94-81(70)51-64)71-42-25-45-79(86(71)95-88)93(63-36-19-8-20-37-63)78-44-24-40-67-65(39-23-41-69(67)78)57-26-9-3-10-27-57/h3-54H,55H2,1H3. The number of aliphatic imine (C=N–C) groups is 1. The summed E-state index contributed by atoms with van der Waals surface area (Å²) in [5.41, 5.74) is 21.3. The number of fused-ring (bicyclic) bond motifs is 15. The Hall–Kier alpha value is -12.8. The number of rotatable bonds is 11. The zero-order valence-corrected chi connectivity index (χ0v) is 51.8. The Morgan fingerprint density at radius 2 is 1.02 bits per heavy atom. The van der Waals surface area contributed by atoms with Crippen molar-refractivity contribution in [1.29, 1.82) is 0 Å². The van der Waals surface area contributed by atoms with Crippen LogP contribution in [0.5, 0.6) is 0 Å². The van der Waals surface area contributed by atoms with Crippen molar-refractivity contribution in [2.45, 2.75) is 13.5 Å². The maximum absolute atomic E-state index is 9.23. The van der Waals surface area contributed by atoms with Crippen LogP contribution in [-0.4, -0.2) is 5.71 Å². The SMILES string of the molecule is [C-]#[N+]c1cc2c(C(=Nc3ccccc3)c3ccccc3)cc3c(N(c4ccccc4)c4ccccc4)cc4c5ccc(N6Cc7cc(C)ccc7-c7ccccc76)cc5oc4c3c2c2c1oc1c(N(c3ccccc3)c3cccc4c(-c5ccccc5)cccc34)cccc12. The zero-order valence-electron chi connectivity index (χ0n) is 51.8. The minimum Gasteiger partial charge on any atom is -0.465 e. The first-order valence-corrected chi connectivity index (χ1v) is 32.2. The fraction of sp³-hybridized carbons (Fsp3) is 0.0227. The van der Waals surface area contributed by atoms with E-state index in [-0.39, 0.29) is 0 Å². The van der Waals surface area contributed by atoms with E-state index in [2.05, 4.69) is 299 Å². The van der Waals surface area contributed by atoms with Gasteiger partial charge in [-0.2, -0.15) is 0 Å². The monoisotopic (exact) mass is 1220 g/mol. The fourth-order valence-electron chi connectivity index (χ4n) is 14.7. The lowest BCUT2D eigenvalue weighted by atomic mass is 9.87. The largest absolute Gasteiger partial charge is 0.465 e. The molecule has 0 fully saturated rings. The Morgan fingerprint density at radius 1 is 0.411 bits per heavy atom. The Labute approximate surface area is 549 Å². The zero-order chi connectivity index (χ0) is 63.1. The highest BCUT2D eigenvalue weighted by atomic mass is 16.3. The van der Waals surface area contributed by atoms with Gasteiger partial charge in [-0.05, 0) is 137 Å². The van der Waals surface area contributed by atoms with Crippen LogP contribution < -0.4 is 14.7 Å². The van der Waals surface area contributed by atoms with Gasteiger partial charge in [0.2, 0.25) is 5.69 Å². The van der Waals surface area contributed by atoms with E-state index in [0.717, 1.165) is 139 Å². The predicted octanol–water partition coefficient (Wildman–Crippen LogP) is 24.9. The molecular weight excluding hydrogens is 1160 g/mol. The molecule has 18 rings (SSSR count). The van der Waals surface area contributed by atoms with E-state index in [1.54, 1.807) is 0 Å². The highest BCUT2D eigenvalue weighted by Crippen LogP contribution is 2.54. The Morgan fingerprint density at radius 3 is 1.75 bits per heavy atom. The molecule has 446 valence electrons. The van der Waals surface area contributed by atoms with Crippen molar-refractivity contribution in [3.63, 3.8) is 0 Å². The molecule has 95 heavy (non-hydrogen) atoms. The van der Waals surface area contributed by atoms with Gasteiger partial charge in [-0.15, -0.1) is 0 Å². The molecule has 2 aromatic heterocycles. The van der Waals surface area contributed by atoms with E-state index in [4.69, 9.17) is 13.8 Å². The Bertz CT molecular complexity index is 5920. The third kappa shape index (κ3) is 9.14. The molecule has 0 unspecified atom stereocenters. The smallest absolute Gasteiger partial charge is 0.230 e. The molecule has 0 atom stereocenters. The molecule has 0 radical (unpaired) electrons. The summed E-state index contributed by atoms with van der Waals surface area (Å²) in [4.78, 5) is 17.2. The van der Waals surface area contributed by atoms with E-state index < -0.39 is 0 Å². The van der Waals surface area contributed by atoms with Crippen molar-refractivity contribution >= 4 is 139 Å². The van der Waals surface area contributed by atoms with Crippen molar-refractivity contribution < 1.29 is 8.83 Å². The second-order valence-electron chi connectivity index (χ2n) is 24.4. The molecule has 0 bridgehead atoms. The minimum atomic E-state index is 0.377. The lowest BCUT2D eigenvalue weighted by molar-refractivity contribution is 0.671. The van der Waals surface area contributed by atoms with Gasteiger partial charge < -0.3 is 23.5 Å². The van der Waals surface area contributed by atoms with Crippen molar-refractivity contribution in [3.8, 4) is 22.3 Å². The average Bonchev–Trinajstić information content (AvgIpc) is 1.61. The lowest BCUT2D eigenvalue weighted by Gasteiger charge is -2.33. The average molecular weight is 1220 g/mol. The summed E-state index contributed by atoms with van der Waals surface area (Å²) in [5, 5.41) is 9.26. The molecular formula is C88H57N5O2. The third-order valence-electron chi connectivity index (χ3n) is 18.9. The maximum Gasteiger partial charge on any atom is 0.230 e. The number of nitrogens with zero attached hydrogens (tertiary/aromatic N) is 5. The molecule has 15 aromatic carbocycles. The lowest BCUT2D eigenvalue weighted by Crippen LogP contribution is -2.21. The van der Waals surface area contributed by atoms with Crippen molar-refractivity contribution in [2.24, 2.45) is 4.99 Å². The van der Waals surface area contributed by atoms with Gasteiger partial charge in [0.1, 0.15) is 16.7 Å². The molecule has 0 N–H and O–H groups in total. The van der Waals surface area contributed by atoms with Crippen LogP contribution in [-0.2, 0) is 6.54 Å². The summed E-state index contributed by atoms with van der Waals surface area (Å²) in [6.45, 7) is 12.1. The number of anilines is 8. The summed E-state index contributed by atoms with van der Waals surface area (Å²) in [7, 11) is 0. The summed E-state index contributed by atoms with van der Waals surface area (Å²) in [6.07, 6.45) is 0. The van der Waals surface area contributed by atoms with Crippen molar-refractivity contribution in [1.82, 2.24) is 0 Å². The van der Waals surface area contributed by atoms with E-state index in [1.807, 2.05) is 42.5 Å². The van der Waals surface area contributed by atoms with Crippen LogP contribution >= 0.6 is 0 Å². The summed E-state index contributed by atoms with van der Waals surface area (Å²) in [5.74, 6) is 0. The van der Waals surface area contributed by atoms with Crippen LogP contribution in [0.15, 0.2) is 329 Å². The molecule has 3 heterocycles. The first kappa shape index (κ1) is 55.1. The van der Waals surface area contributed by atoms with E-state index in [1.165, 1.54) is 22.3 Å². The second kappa shape index (κ2) is 22.6. The van der Waals surface area contributed by atoms with Crippen LogP contribution in [0, 0.1) is 13.5 Å². The normalized spacial score (nSPS) is 12.3. The third-order valence-corrected chi connectivity index (χ3v) is 18.9. The topological polar surface area (TPSA) is 52.7 Å². The molecule has 0 saturated carbocycles. The van der Waals surface area contributed by atoms with Crippen LogP contribution in [0.1, 0.15) is 22.3 Å². The second-order valence-corrected chi connectivity index (χ2v) is 24.4. The van der Waals surface area contributed by atoms with Gasteiger partial charge in [-0.25, -0.2) is 9.84 Å². The molecule has 7 heteroatoms. The highest BCUT2D eigenvalue weighted by Gasteiger charge is 2.31. The first-order chi connectivity index (χ1) is 47.0. The fourth-order valence-corrected chi connectivity index (χ4v) is 14.7. The summed E-state index contributed by atoms with van der Waals surface area (Å²) < 4.78 is 15.3. The molecule has 0 spiro atoms. The molecule has 1 aliphatic rings. The van der Waals surface area contributed by atoms with Gasteiger partial charge in [0.25, 0.3) is 0 Å². The van der Waals surface area contributed by atoms with E-state index >= 15 is 0 Å². The maximum atomic E-state index is 9.23. The first-order valence-electron chi connectivity index (χ1n) is 32.2. The van der Waals surface area contributed by atoms with Crippen LogP contribution in [0.3, 0.4) is 0 Å². The van der Waals surface area contributed by atoms with E-state index in [9.17, 15) is 6.57 Å². The van der Waals surface area contributed by atoms with E-state index in [0.29, 0.717) is 29.0 Å². The number of hydrogen-bond acceptors (Lipinski definition) is 6. The quantitative estimate of drug-likeness (QED) is 0.0734. The van der Waals surface area contributed by atoms with Gasteiger partial charge in [-0.1, -0.05) is 218 Å².